The molecular formula is C16H18N4O3S. The monoisotopic (exact) mass is 346 g/mol. The maximum Gasteiger partial charge on any atom is 0.234 e. The minimum absolute atomic E-state index is 0.0831. The van der Waals surface area contributed by atoms with Crippen LogP contribution < -0.4 is 0 Å². The van der Waals surface area contributed by atoms with Crippen molar-refractivity contribution in [3.63, 3.8) is 0 Å². The van der Waals surface area contributed by atoms with Gasteiger partial charge in [-0.15, -0.1) is 0 Å². The predicted octanol–water partition coefficient (Wildman–Crippen LogP) is 2.63. The van der Waals surface area contributed by atoms with E-state index in [4.69, 9.17) is 4.52 Å². The smallest absolute Gasteiger partial charge is 0.234 e. The molecule has 0 aliphatic heterocycles. The first kappa shape index (κ1) is 16.4. The third kappa shape index (κ3) is 2.96. The van der Waals surface area contributed by atoms with Gasteiger partial charge in [0.1, 0.15) is 0 Å². The molecule has 1 aromatic carbocycles. The number of aromatic amines is 1. The van der Waals surface area contributed by atoms with Crippen LogP contribution in [0, 0.1) is 13.8 Å². The van der Waals surface area contributed by atoms with Crippen molar-refractivity contribution < 1.29 is 12.9 Å². The van der Waals surface area contributed by atoms with Crippen LogP contribution in [0.1, 0.15) is 35.7 Å². The van der Waals surface area contributed by atoms with Crippen LogP contribution in [0.2, 0.25) is 0 Å². The molecule has 0 aliphatic carbocycles. The molecule has 0 fully saturated rings. The Morgan fingerprint density at radius 2 is 1.83 bits per heavy atom. The first-order valence-corrected chi connectivity index (χ1v) is 9.32. The molecule has 0 saturated heterocycles. The van der Waals surface area contributed by atoms with E-state index in [1.165, 1.54) is 18.4 Å². The first-order chi connectivity index (χ1) is 11.3. The van der Waals surface area contributed by atoms with Gasteiger partial charge < -0.3 is 4.52 Å². The molecule has 2 heterocycles. The van der Waals surface area contributed by atoms with Gasteiger partial charge in [-0.05, 0) is 45.0 Å². The lowest BCUT2D eigenvalue weighted by atomic mass is 9.99. The van der Waals surface area contributed by atoms with Gasteiger partial charge in [-0.3, -0.25) is 5.10 Å². The summed E-state index contributed by atoms with van der Waals surface area (Å²) >= 11 is 0. The van der Waals surface area contributed by atoms with Gasteiger partial charge in [0.15, 0.2) is 9.84 Å². The fourth-order valence-corrected chi connectivity index (χ4v) is 3.33. The third-order valence-corrected chi connectivity index (χ3v) is 5.10. The Morgan fingerprint density at radius 3 is 2.38 bits per heavy atom. The van der Waals surface area contributed by atoms with E-state index in [1.807, 2.05) is 20.8 Å². The Kier molecular flexibility index (Phi) is 4.00. The lowest BCUT2D eigenvalue weighted by molar-refractivity contribution is 0.370. The summed E-state index contributed by atoms with van der Waals surface area (Å²) in [4.78, 5) is 4.70. The standard InChI is InChI=1S/C16H18N4O3S/c1-9(14-10(2)18-19-11(14)3)16-17-15(20-23-16)12-5-7-13(8-6-12)24(4,21)22/h5-9H,1-4H3,(H,18,19). The van der Waals surface area contributed by atoms with Crippen LogP contribution in [0.5, 0.6) is 0 Å². The SMILES string of the molecule is Cc1n[nH]c(C)c1C(C)c1nc(-c2ccc(S(C)(=O)=O)cc2)no1. The molecule has 1 N–H and O–H groups in total. The Bertz CT molecular complexity index is 952. The summed E-state index contributed by atoms with van der Waals surface area (Å²) in [6.07, 6.45) is 1.17. The molecule has 7 nitrogen and oxygen atoms in total. The minimum atomic E-state index is -3.22. The molecular weight excluding hydrogens is 328 g/mol. The predicted molar refractivity (Wildman–Crippen MR) is 88.4 cm³/mol. The van der Waals surface area contributed by atoms with Crippen molar-refractivity contribution >= 4 is 9.84 Å². The second-order valence-corrected chi connectivity index (χ2v) is 7.84. The number of H-pyrrole nitrogens is 1. The van der Waals surface area contributed by atoms with Gasteiger partial charge in [-0.2, -0.15) is 10.1 Å². The molecule has 0 bridgehead atoms. The number of aryl methyl sites for hydroxylation is 2. The van der Waals surface area contributed by atoms with Crippen LogP contribution in [0.4, 0.5) is 0 Å². The molecule has 0 spiro atoms. The normalized spacial score (nSPS) is 13.2. The highest BCUT2D eigenvalue weighted by Crippen LogP contribution is 2.28. The largest absolute Gasteiger partial charge is 0.338 e. The highest BCUT2D eigenvalue weighted by molar-refractivity contribution is 7.90. The molecule has 3 aromatic rings. The van der Waals surface area contributed by atoms with E-state index in [-0.39, 0.29) is 10.8 Å². The van der Waals surface area contributed by atoms with Crippen molar-refractivity contribution in [1.82, 2.24) is 20.3 Å². The Labute approximate surface area is 140 Å². The lowest BCUT2D eigenvalue weighted by Crippen LogP contribution is -1.99. The van der Waals surface area contributed by atoms with Gasteiger partial charge >= 0.3 is 0 Å². The van der Waals surface area contributed by atoms with Crippen molar-refractivity contribution in [3.8, 4) is 11.4 Å². The summed E-state index contributed by atoms with van der Waals surface area (Å²) in [5.41, 5.74) is 3.61. The molecule has 2 aromatic heterocycles. The quantitative estimate of drug-likeness (QED) is 0.779. The molecule has 0 amide bonds. The van der Waals surface area contributed by atoms with Crippen LogP contribution in [-0.4, -0.2) is 35.0 Å². The maximum absolute atomic E-state index is 11.5. The van der Waals surface area contributed by atoms with Crippen molar-refractivity contribution in [2.45, 2.75) is 31.6 Å². The van der Waals surface area contributed by atoms with Crippen molar-refractivity contribution in [3.05, 3.63) is 47.1 Å². The van der Waals surface area contributed by atoms with Crippen molar-refractivity contribution in [1.29, 1.82) is 0 Å². The van der Waals surface area contributed by atoms with E-state index < -0.39 is 9.84 Å². The molecule has 126 valence electrons. The molecule has 0 saturated carbocycles. The number of nitrogens with zero attached hydrogens (tertiary/aromatic N) is 3. The zero-order valence-electron chi connectivity index (χ0n) is 13.9. The number of hydrogen-bond donors (Lipinski definition) is 1. The van der Waals surface area contributed by atoms with Gasteiger partial charge in [0.2, 0.25) is 11.7 Å². The van der Waals surface area contributed by atoms with Gasteiger partial charge in [0.05, 0.1) is 16.5 Å². The lowest BCUT2D eigenvalue weighted by Gasteiger charge is -2.06. The molecule has 0 aliphatic rings. The average molecular weight is 346 g/mol. The molecule has 1 unspecified atom stereocenters. The van der Waals surface area contributed by atoms with E-state index in [9.17, 15) is 8.42 Å². The molecule has 1 atom stereocenters. The van der Waals surface area contributed by atoms with E-state index in [0.717, 1.165) is 17.0 Å². The van der Waals surface area contributed by atoms with Gasteiger partial charge in [0, 0.05) is 23.1 Å². The second-order valence-electron chi connectivity index (χ2n) is 5.82. The van der Waals surface area contributed by atoms with Gasteiger partial charge in [-0.25, -0.2) is 8.42 Å². The molecule has 0 radical (unpaired) electrons. The third-order valence-electron chi connectivity index (χ3n) is 3.97. The minimum Gasteiger partial charge on any atom is -0.338 e. The van der Waals surface area contributed by atoms with E-state index in [2.05, 4.69) is 20.3 Å². The first-order valence-electron chi connectivity index (χ1n) is 7.43. The van der Waals surface area contributed by atoms with E-state index in [0.29, 0.717) is 17.3 Å². The van der Waals surface area contributed by atoms with Crippen LogP contribution >= 0.6 is 0 Å². The summed E-state index contributed by atoms with van der Waals surface area (Å²) in [5.74, 6) is 0.834. The summed E-state index contributed by atoms with van der Waals surface area (Å²) in [6, 6.07) is 6.41. The van der Waals surface area contributed by atoms with Crippen molar-refractivity contribution in [2.24, 2.45) is 0 Å². The highest BCUT2D eigenvalue weighted by atomic mass is 32.2. The summed E-state index contributed by atoms with van der Waals surface area (Å²) in [5, 5.41) is 11.1. The number of rotatable bonds is 4. The topological polar surface area (TPSA) is 102 Å². The van der Waals surface area contributed by atoms with E-state index in [1.54, 1.807) is 12.1 Å². The maximum atomic E-state index is 11.5. The molecule has 24 heavy (non-hydrogen) atoms. The van der Waals surface area contributed by atoms with E-state index >= 15 is 0 Å². The zero-order chi connectivity index (χ0) is 17.5. The van der Waals surface area contributed by atoms with Gasteiger partial charge in [-0.1, -0.05) is 5.16 Å². The average Bonchev–Trinajstić information content (AvgIpc) is 3.13. The second kappa shape index (κ2) is 5.86. The van der Waals surface area contributed by atoms with Crippen LogP contribution in [0.15, 0.2) is 33.7 Å². The fraction of sp³-hybridized carbons (Fsp3) is 0.312. The number of aromatic nitrogens is 4. The molecule has 8 heteroatoms. The number of hydrogen-bond acceptors (Lipinski definition) is 6. The highest BCUT2D eigenvalue weighted by Gasteiger charge is 2.22. The Balaban J connectivity index is 1.91. The van der Waals surface area contributed by atoms with Crippen LogP contribution in [0.25, 0.3) is 11.4 Å². The number of benzene rings is 1. The van der Waals surface area contributed by atoms with Gasteiger partial charge in [0.25, 0.3) is 0 Å². The Morgan fingerprint density at radius 1 is 1.17 bits per heavy atom. The number of nitrogens with one attached hydrogen (secondary N) is 1. The summed E-state index contributed by atoms with van der Waals surface area (Å²) < 4.78 is 28.4. The fourth-order valence-electron chi connectivity index (χ4n) is 2.70. The summed E-state index contributed by atoms with van der Waals surface area (Å²) in [7, 11) is -3.22. The zero-order valence-corrected chi connectivity index (χ0v) is 14.7. The molecule has 3 rings (SSSR count). The Hall–Kier alpha value is -2.48. The summed E-state index contributed by atoms with van der Waals surface area (Å²) in [6.45, 7) is 5.86. The van der Waals surface area contributed by atoms with Crippen LogP contribution in [-0.2, 0) is 9.84 Å². The van der Waals surface area contributed by atoms with Crippen LogP contribution in [0.3, 0.4) is 0 Å². The van der Waals surface area contributed by atoms with Crippen molar-refractivity contribution in [2.75, 3.05) is 6.26 Å². The number of sulfone groups is 1.